The number of hydrogen-bond acceptors (Lipinski definition) is 4. The van der Waals surface area contributed by atoms with Crippen LogP contribution in [0.25, 0.3) is 22.4 Å². The van der Waals surface area contributed by atoms with E-state index in [9.17, 15) is 9.59 Å². The Morgan fingerprint density at radius 1 is 0.795 bits per heavy atom. The van der Waals surface area contributed by atoms with Gasteiger partial charge in [0.25, 0.3) is 5.91 Å². The molecule has 0 radical (unpaired) electrons. The number of benzene rings is 4. The van der Waals surface area contributed by atoms with E-state index in [2.05, 4.69) is 27.3 Å². The summed E-state index contributed by atoms with van der Waals surface area (Å²) >= 11 is 0. The number of rotatable bonds is 7. The Balaban J connectivity index is 1.13. The Labute approximate surface area is 227 Å². The van der Waals surface area contributed by atoms with Gasteiger partial charge in [-0.2, -0.15) is 0 Å². The van der Waals surface area contributed by atoms with Crippen molar-refractivity contribution in [3.05, 3.63) is 114 Å². The van der Waals surface area contributed by atoms with Crippen molar-refractivity contribution >= 4 is 34.1 Å². The first kappa shape index (κ1) is 24.6. The normalized spacial score (nSPS) is 13.4. The van der Waals surface area contributed by atoms with E-state index in [4.69, 9.17) is 4.98 Å². The number of ketones is 1. The fourth-order valence-corrected chi connectivity index (χ4v) is 5.11. The third-order valence-corrected chi connectivity index (χ3v) is 7.27. The lowest BCUT2D eigenvalue weighted by Gasteiger charge is -2.28. The van der Waals surface area contributed by atoms with Gasteiger partial charge in [0.15, 0.2) is 5.78 Å². The molecule has 2 N–H and O–H groups in total. The van der Waals surface area contributed by atoms with Crippen LogP contribution in [-0.4, -0.2) is 34.7 Å². The van der Waals surface area contributed by atoms with Crippen molar-refractivity contribution in [3.8, 4) is 11.4 Å². The lowest BCUT2D eigenvalue weighted by Crippen LogP contribution is -2.29. The lowest BCUT2D eigenvalue weighted by atomic mass is 10.0. The molecule has 1 fully saturated rings. The number of imidazole rings is 1. The van der Waals surface area contributed by atoms with Gasteiger partial charge < -0.3 is 15.2 Å². The summed E-state index contributed by atoms with van der Waals surface area (Å²) in [5.74, 6) is 0.660. The van der Waals surface area contributed by atoms with Crippen molar-refractivity contribution in [1.29, 1.82) is 0 Å². The lowest BCUT2D eigenvalue weighted by molar-refractivity contribution is 0.0991. The molecule has 1 amide bonds. The van der Waals surface area contributed by atoms with E-state index in [1.54, 1.807) is 12.1 Å². The number of carbonyl (C=O) groups is 2. The Hall–Kier alpha value is -4.71. The maximum Gasteiger partial charge on any atom is 0.255 e. The third kappa shape index (κ3) is 5.60. The highest BCUT2D eigenvalue weighted by atomic mass is 16.1. The summed E-state index contributed by atoms with van der Waals surface area (Å²) in [7, 11) is 0. The summed E-state index contributed by atoms with van der Waals surface area (Å²) in [6.45, 7) is 2.18. The van der Waals surface area contributed by atoms with Crippen LogP contribution in [0.1, 0.15) is 45.5 Å². The Morgan fingerprint density at radius 3 is 2.26 bits per heavy atom. The summed E-state index contributed by atoms with van der Waals surface area (Å²) in [4.78, 5) is 36.0. The number of hydrogen-bond donors (Lipinski definition) is 2. The zero-order valence-corrected chi connectivity index (χ0v) is 21.7. The van der Waals surface area contributed by atoms with Gasteiger partial charge in [0.1, 0.15) is 5.82 Å². The van der Waals surface area contributed by atoms with Gasteiger partial charge in [-0.05, 0) is 85.5 Å². The van der Waals surface area contributed by atoms with Crippen molar-refractivity contribution < 1.29 is 9.59 Å². The van der Waals surface area contributed by atoms with Gasteiger partial charge in [0.2, 0.25) is 0 Å². The summed E-state index contributed by atoms with van der Waals surface area (Å²) in [6.07, 6.45) is 4.10. The van der Waals surface area contributed by atoms with Crippen LogP contribution in [0.4, 0.5) is 11.4 Å². The highest BCUT2D eigenvalue weighted by Crippen LogP contribution is 2.24. The molecule has 1 aliphatic rings. The second-order valence-electron chi connectivity index (χ2n) is 10.0. The van der Waals surface area contributed by atoms with Gasteiger partial charge >= 0.3 is 0 Å². The molecule has 0 unspecified atom stereocenters. The summed E-state index contributed by atoms with van der Waals surface area (Å²) in [5.41, 5.74) is 6.79. The van der Waals surface area contributed by atoms with Crippen molar-refractivity contribution in [2.75, 3.05) is 23.3 Å². The van der Waals surface area contributed by atoms with E-state index in [-0.39, 0.29) is 11.7 Å². The van der Waals surface area contributed by atoms with Crippen LogP contribution < -0.4 is 10.2 Å². The summed E-state index contributed by atoms with van der Waals surface area (Å²) in [5, 5.41) is 2.90. The number of fused-ring (bicyclic) bond motifs is 1. The van der Waals surface area contributed by atoms with Crippen molar-refractivity contribution in [2.24, 2.45) is 0 Å². The molecule has 1 saturated heterocycles. The molecule has 1 aromatic heterocycles. The third-order valence-electron chi connectivity index (χ3n) is 7.27. The molecule has 1 aliphatic heterocycles. The van der Waals surface area contributed by atoms with Crippen LogP contribution in [0, 0.1) is 0 Å². The molecule has 39 heavy (non-hydrogen) atoms. The number of amides is 1. The minimum Gasteiger partial charge on any atom is -0.372 e. The van der Waals surface area contributed by atoms with Gasteiger partial charge in [0.05, 0.1) is 11.0 Å². The molecule has 6 rings (SSSR count). The summed E-state index contributed by atoms with van der Waals surface area (Å²) < 4.78 is 0. The molecule has 6 heteroatoms. The first-order valence-corrected chi connectivity index (χ1v) is 13.5. The van der Waals surface area contributed by atoms with E-state index in [1.807, 2.05) is 72.8 Å². The Morgan fingerprint density at radius 2 is 1.51 bits per heavy atom. The number of carbonyl (C=O) groups excluding carboxylic acids is 2. The molecule has 0 saturated carbocycles. The number of piperidine rings is 1. The SMILES string of the molecule is O=C(Cc1ccc2nc(-c3ccc(C(=O)Nc4ccccc4)cc3)[nH]c2c1)c1ccc(N2CCCCC2)cc1. The zero-order chi connectivity index (χ0) is 26.6. The van der Waals surface area contributed by atoms with Crippen molar-refractivity contribution in [3.63, 3.8) is 0 Å². The van der Waals surface area contributed by atoms with E-state index < -0.39 is 0 Å². The molecular formula is C33H30N4O2. The monoisotopic (exact) mass is 514 g/mol. The predicted molar refractivity (Wildman–Crippen MR) is 156 cm³/mol. The fourth-order valence-electron chi connectivity index (χ4n) is 5.11. The maximum atomic E-state index is 13.0. The molecule has 194 valence electrons. The Bertz CT molecular complexity index is 1600. The van der Waals surface area contributed by atoms with Gasteiger partial charge in [-0.1, -0.05) is 36.4 Å². The van der Waals surface area contributed by atoms with Crippen molar-refractivity contribution in [2.45, 2.75) is 25.7 Å². The van der Waals surface area contributed by atoms with Crippen LogP contribution in [0.5, 0.6) is 0 Å². The molecule has 0 aliphatic carbocycles. The molecule has 0 spiro atoms. The van der Waals surface area contributed by atoms with Crippen LogP contribution in [-0.2, 0) is 6.42 Å². The smallest absolute Gasteiger partial charge is 0.255 e. The van der Waals surface area contributed by atoms with Crippen molar-refractivity contribution in [1.82, 2.24) is 9.97 Å². The average molecular weight is 515 g/mol. The zero-order valence-electron chi connectivity index (χ0n) is 21.7. The number of aromatic amines is 1. The van der Waals surface area contributed by atoms with Gasteiger partial charge in [-0.15, -0.1) is 0 Å². The van der Waals surface area contributed by atoms with Gasteiger partial charge in [-0.25, -0.2) is 4.98 Å². The van der Waals surface area contributed by atoms with Gasteiger partial charge in [0, 0.05) is 47.6 Å². The van der Waals surface area contributed by atoms with Crippen LogP contribution in [0.2, 0.25) is 0 Å². The molecule has 4 aromatic carbocycles. The second-order valence-corrected chi connectivity index (χ2v) is 10.0. The summed E-state index contributed by atoms with van der Waals surface area (Å²) in [6, 6.07) is 30.7. The molecule has 0 atom stereocenters. The maximum absolute atomic E-state index is 13.0. The van der Waals surface area contributed by atoms with E-state index in [0.29, 0.717) is 12.0 Å². The number of Topliss-reactive ketones (excluding diaryl/α,β-unsaturated/α-hetero) is 1. The fraction of sp³-hybridized carbons (Fsp3) is 0.182. The highest BCUT2D eigenvalue weighted by Gasteiger charge is 2.14. The average Bonchev–Trinajstić information content (AvgIpc) is 3.42. The van der Waals surface area contributed by atoms with E-state index >= 15 is 0 Å². The standard InChI is InChI=1S/C33H30N4O2/c38-31(24-14-16-28(17-15-24)37-19-5-2-6-20-37)22-23-9-18-29-30(21-23)36-32(35-29)25-10-12-26(13-11-25)33(39)34-27-7-3-1-4-8-27/h1,3-4,7-18,21H,2,5-6,19-20,22H2,(H,34,39)(H,35,36). The first-order chi connectivity index (χ1) is 19.1. The Kier molecular flexibility index (Phi) is 6.91. The van der Waals surface area contributed by atoms with E-state index in [1.165, 1.54) is 24.9 Å². The molecule has 5 aromatic rings. The topological polar surface area (TPSA) is 78.1 Å². The largest absolute Gasteiger partial charge is 0.372 e. The highest BCUT2D eigenvalue weighted by molar-refractivity contribution is 6.04. The van der Waals surface area contributed by atoms with Crippen LogP contribution >= 0.6 is 0 Å². The predicted octanol–water partition coefficient (Wildman–Crippen LogP) is 6.90. The van der Waals surface area contributed by atoms with E-state index in [0.717, 1.165) is 52.3 Å². The van der Waals surface area contributed by atoms with Crippen LogP contribution in [0.3, 0.4) is 0 Å². The number of H-pyrrole nitrogens is 1. The number of nitrogens with zero attached hydrogens (tertiary/aromatic N) is 2. The first-order valence-electron chi connectivity index (χ1n) is 13.5. The second kappa shape index (κ2) is 11.0. The van der Waals surface area contributed by atoms with Gasteiger partial charge in [-0.3, -0.25) is 9.59 Å². The number of anilines is 2. The molecular weight excluding hydrogens is 484 g/mol. The van der Waals surface area contributed by atoms with Crippen LogP contribution in [0.15, 0.2) is 97.1 Å². The molecule has 0 bridgehead atoms. The minimum atomic E-state index is -0.159. The molecule has 2 heterocycles. The number of nitrogens with one attached hydrogen (secondary N) is 2. The number of para-hydroxylation sites is 1. The number of aromatic nitrogens is 2. The minimum absolute atomic E-state index is 0.101. The quantitative estimate of drug-likeness (QED) is 0.232. The molecule has 6 nitrogen and oxygen atoms in total.